The van der Waals surface area contributed by atoms with Gasteiger partial charge in [0, 0.05) is 36.0 Å². The maximum Gasteiger partial charge on any atom is 0.196 e. The first-order valence-electron chi connectivity index (χ1n) is 2.48. The van der Waals surface area contributed by atoms with Crippen molar-refractivity contribution < 1.29 is 0 Å². The van der Waals surface area contributed by atoms with Crippen molar-refractivity contribution in [3.05, 3.63) is 11.5 Å². The van der Waals surface area contributed by atoms with E-state index in [1.54, 1.807) is 5.41 Å². The van der Waals surface area contributed by atoms with Gasteiger partial charge in [-0.3, -0.25) is 0 Å². The summed E-state index contributed by atoms with van der Waals surface area (Å²) in [4.78, 5) is 0. The third-order valence-corrected chi connectivity index (χ3v) is 2.21. The number of nitrogens with zero attached hydrogens (tertiary/aromatic N) is 2. The van der Waals surface area contributed by atoms with Crippen molar-refractivity contribution in [3.63, 3.8) is 0 Å². The Morgan fingerprint density at radius 3 is 2.20 bits per heavy atom. The van der Waals surface area contributed by atoms with E-state index >= 15 is 0 Å². The molecule has 0 fully saturated rings. The molecular weight excluding hydrogens is 155 g/mol. The van der Waals surface area contributed by atoms with Crippen LogP contribution >= 0.6 is 11.8 Å². The van der Waals surface area contributed by atoms with Gasteiger partial charge in [0.25, 0.3) is 0 Å². The van der Waals surface area contributed by atoms with Crippen LogP contribution in [0.3, 0.4) is 0 Å². The zero-order chi connectivity index (χ0) is 6.74. The van der Waals surface area contributed by atoms with Crippen LogP contribution in [0.25, 0.3) is 0 Å². The van der Waals surface area contributed by atoms with Gasteiger partial charge in [-0.25, -0.2) is 0 Å². The third-order valence-electron chi connectivity index (χ3n) is 1.13. The Bertz CT molecular complexity index is 199. The fraction of sp³-hybridized carbons (Fsp3) is 0.333. The molecule has 0 atom stereocenters. The van der Waals surface area contributed by atoms with E-state index in [0.717, 1.165) is 0 Å². The molecule has 1 rings (SSSR count). The summed E-state index contributed by atoms with van der Waals surface area (Å²) in [5.74, 6) is 0. The minimum absolute atomic E-state index is 0. The summed E-state index contributed by atoms with van der Waals surface area (Å²) in [5.41, 5.74) is 0. The normalized spacial score (nSPS) is 18.6. The van der Waals surface area contributed by atoms with Crippen molar-refractivity contribution in [3.8, 4) is 12.1 Å². The zero-order valence-electron chi connectivity index (χ0n) is 5.66. The number of nitriles is 2. The summed E-state index contributed by atoms with van der Waals surface area (Å²) < 4.78 is -0.806. The summed E-state index contributed by atoms with van der Waals surface area (Å²) in [6.45, 7) is 0. The average molecular weight is 159 g/mol. The van der Waals surface area contributed by atoms with Crippen LogP contribution in [0, 0.1) is 22.7 Å². The molecule has 4 heteroatoms. The number of rotatable bonds is 0. The first kappa shape index (κ1) is 10.1. The van der Waals surface area contributed by atoms with E-state index in [9.17, 15) is 0 Å². The molecule has 1 aliphatic heterocycles. The summed E-state index contributed by atoms with van der Waals surface area (Å²) in [6.07, 6.45) is 2.40. The second-order valence-electron chi connectivity index (χ2n) is 1.74. The smallest absolute Gasteiger partial charge is 0.196 e. The Balaban J connectivity index is 0.000000810. The molecule has 10 heavy (non-hydrogen) atoms. The van der Waals surface area contributed by atoms with Gasteiger partial charge in [-0.15, -0.1) is 0 Å². The number of thioether (sulfide) groups is 1. The second-order valence-corrected chi connectivity index (χ2v) is 2.95. The fourth-order valence-corrected chi connectivity index (χ4v) is 1.32. The molecule has 0 saturated carbocycles. The van der Waals surface area contributed by atoms with Crippen LogP contribution in [0.5, 0.6) is 0 Å². The van der Waals surface area contributed by atoms with Crippen LogP contribution in [-0.4, -0.2) is 34.3 Å². The van der Waals surface area contributed by atoms with Crippen LogP contribution in [0.4, 0.5) is 0 Å². The van der Waals surface area contributed by atoms with E-state index in [4.69, 9.17) is 10.5 Å². The SMILES string of the molecule is N#CC1(C#N)CC=CS1.[Na]. The molecule has 0 aromatic heterocycles. The Kier molecular flexibility index (Phi) is 4.08. The van der Waals surface area contributed by atoms with E-state index in [1.165, 1.54) is 11.8 Å². The topological polar surface area (TPSA) is 47.6 Å². The molecule has 0 bridgehead atoms. The molecule has 2 nitrogen and oxygen atoms in total. The predicted octanol–water partition coefficient (Wildman–Crippen LogP) is 1.04. The number of allylic oxidation sites excluding steroid dienone is 1. The van der Waals surface area contributed by atoms with Gasteiger partial charge < -0.3 is 0 Å². The summed E-state index contributed by atoms with van der Waals surface area (Å²) >= 11 is 1.29. The van der Waals surface area contributed by atoms with Gasteiger partial charge >= 0.3 is 0 Å². The Morgan fingerprint density at radius 2 is 2.00 bits per heavy atom. The molecule has 0 spiro atoms. The van der Waals surface area contributed by atoms with Gasteiger partial charge in [-0.05, 0) is 5.41 Å². The average Bonchev–Trinajstić information content (AvgIpc) is 2.36. The van der Waals surface area contributed by atoms with Gasteiger partial charge in [0.15, 0.2) is 4.75 Å². The van der Waals surface area contributed by atoms with Gasteiger partial charge in [-0.2, -0.15) is 10.5 Å². The molecule has 1 radical (unpaired) electrons. The molecule has 1 aliphatic rings. The molecule has 1 heterocycles. The van der Waals surface area contributed by atoms with Crippen LogP contribution < -0.4 is 0 Å². The minimum Gasteiger partial charge on any atom is -0.196 e. The quantitative estimate of drug-likeness (QED) is 0.496. The van der Waals surface area contributed by atoms with Crippen molar-refractivity contribution in [1.29, 1.82) is 10.5 Å². The van der Waals surface area contributed by atoms with Crippen molar-refractivity contribution in [2.75, 3.05) is 0 Å². The van der Waals surface area contributed by atoms with Crippen molar-refractivity contribution in [2.45, 2.75) is 11.2 Å². The first-order valence-corrected chi connectivity index (χ1v) is 3.36. The molecule has 0 unspecified atom stereocenters. The molecule has 0 aromatic rings. The van der Waals surface area contributed by atoms with Gasteiger partial charge in [0.05, 0.1) is 12.1 Å². The summed E-state index contributed by atoms with van der Waals surface area (Å²) in [7, 11) is 0. The summed E-state index contributed by atoms with van der Waals surface area (Å²) in [6, 6.07) is 3.93. The molecule has 0 aliphatic carbocycles. The Labute approximate surface area is 86.2 Å². The van der Waals surface area contributed by atoms with E-state index in [2.05, 4.69) is 0 Å². The molecule has 0 saturated heterocycles. The summed E-state index contributed by atoms with van der Waals surface area (Å²) in [5, 5.41) is 18.8. The molecule has 0 amide bonds. The molecule has 0 aromatic carbocycles. The number of hydrogen-bond donors (Lipinski definition) is 0. The van der Waals surface area contributed by atoms with Crippen LogP contribution in [-0.2, 0) is 0 Å². The largest absolute Gasteiger partial charge is 0.196 e. The van der Waals surface area contributed by atoms with Crippen LogP contribution in [0.1, 0.15) is 6.42 Å². The maximum absolute atomic E-state index is 8.48. The monoisotopic (exact) mass is 159 g/mol. The van der Waals surface area contributed by atoms with Crippen molar-refractivity contribution in [1.82, 2.24) is 0 Å². The zero-order valence-corrected chi connectivity index (χ0v) is 8.48. The van der Waals surface area contributed by atoms with Crippen LogP contribution in [0.15, 0.2) is 11.5 Å². The van der Waals surface area contributed by atoms with E-state index < -0.39 is 4.75 Å². The predicted molar refractivity (Wildman–Crippen MR) is 41.1 cm³/mol. The van der Waals surface area contributed by atoms with E-state index in [0.29, 0.717) is 6.42 Å². The molecule has 45 valence electrons. The van der Waals surface area contributed by atoms with Gasteiger partial charge in [0.1, 0.15) is 0 Å². The van der Waals surface area contributed by atoms with Crippen molar-refractivity contribution in [2.24, 2.45) is 0 Å². The third kappa shape index (κ3) is 1.78. The maximum atomic E-state index is 8.48. The Morgan fingerprint density at radius 1 is 1.40 bits per heavy atom. The fourth-order valence-electron chi connectivity index (χ4n) is 0.595. The molecule has 0 N–H and O–H groups in total. The standard InChI is InChI=1S/C6H4N2S.Na/c7-4-6(5-8)2-1-3-9-6;/h1,3H,2H2;. The number of hydrogen-bond acceptors (Lipinski definition) is 3. The van der Waals surface area contributed by atoms with Crippen molar-refractivity contribution >= 4 is 41.3 Å². The van der Waals surface area contributed by atoms with E-state index in [-0.39, 0.29) is 29.6 Å². The minimum atomic E-state index is -0.806. The second kappa shape index (κ2) is 4.05. The van der Waals surface area contributed by atoms with E-state index in [1.807, 2.05) is 18.2 Å². The van der Waals surface area contributed by atoms with Crippen LogP contribution in [0.2, 0.25) is 0 Å². The molecular formula is C6H4N2NaS. The van der Waals surface area contributed by atoms with Gasteiger partial charge in [0.2, 0.25) is 0 Å². The van der Waals surface area contributed by atoms with Gasteiger partial charge in [-0.1, -0.05) is 17.8 Å². The first-order chi connectivity index (χ1) is 4.33. The Hall–Kier alpha value is 0.0700.